The molecule has 0 aliphatic rings. The third kappa shape index (κ3) is 3.01. The van der Waals surface area contributed by atoms with Gasteiger partial charge in [-0.1, -0.05) is 22.9 Å². The van der Waals surface area contributed by atoms with Gasteiger partial charge in [0.25, 0.3) is 5.91 Å². The van der Waals surface area contributed by atoms with E-state index in [9.17, 15) is 4.79 Å². The molecular weight excluding hydrogens is 322 g/mol. The first-order valence-corrected chi connectivity index (χ1v) is 7.03. The predicted molar refractivity (Wildman–Crippen MR) is 81.3 cm³/mol. The molecule has 106 valence electrons. The number of benzene rings is 1. The largest absolute Gasteiger partial charge is 0.495 e. The summed E-state index contributed by atoms with van der Waals surface area (Å²) in [4.78, 5) is 19.3. The van der Waals surface area contributed by atoms with Crippen molar-refractivity contribution in [1.82, 2.24) is 9.97 Å². The minimum absolute atomic E-state index is 0.235. The molecule has 1 aromatic heterocycles. The lowest BCUT2D eigenvalue weighted by Crippen LogP contribution is -2.14. The number of carbonyl (C=O) groups excluding carboxylic acids is 1. The van der Waals surface area contributed by atoms with E-state index >= 15 is 0 Å². The van der Waals surface area contributed by atoms with Gasteiger partial charge in [0.15, 0.2) is 0 Å². The number of aromatic nitrogens is 2. The molecule has 0 spiro atoms. The van der Waals surface area contributed by atoms with Crippen LogP contribution in [-0.4, -0.2) is 23.0 Å². The van der Waals surface area contributed by atoms with E-state index in [1.165, 1.54) is 6.20 Å². The fraction of sp³-hybridized carbons (Fsp3) is 0.286. The smallest absolute Gasteiger partial charge is 0.273 e. The highest BCUT2D eigenvalue weighted by Crippen LogP contribution is 2.32. The molecule has 0 bridgehead atoms. The van der Waals surface area contributed by atoms with Crippen molar-refractivity contribution in [3.63, 3.8) is 0 Å². The molecule has 0 fully saturated rings. The van der Waals surface area contributed by atoms with Gasteiger partial charge in [0.05, 0.1) is 19.0 Å². The second kappa shape index (κ2) is 6.09. The third-order valence-corrected chi connectivity index (χ3v) is 3.39. The van der Waals surface area contributed by atoms with Gasteiger partial charge in [-0.05, 0) is 24.6 Å². The van der Waals surface area contributed by atoms with E-state index in [4.69, 9.17) is 4.74 Å². The Morgan fingerprint density at radius 3 is 2.85 bits per heavy atom. The standard InChI is InChI=1S/C14H16BrN3O2/c1-4-12-16-7-10(17-12)14(19)18-13-8(2)5-9(15)6-11(13)20-3/h5-7H,4H2,1-3H3,(H,16,17)(H,18,19). The van der Waals surface area contributed by atoms with Gasteiger partial charge < -0.3 is 15.0 Å². The molecule has 2 aromatic rings. The predicted octanol–water partition coefficient (Wildman–Crippen LogP) is 3.30. The highest BCUT2D eigenvalue weighted by atomic mass is 79.9. The number of hydrogen-bond donors (Lipinski definition) is 2. The Morgan fingerprint density at radius 1 is 1.50 bits per heavy atom. The monoisotopic (exact) mass is 337 g/mol. The Labute approximate surface area is 125 Å². The molecule has 5 nitrogen and oxygen atoms in total. The van der Waals surface area contributed by atoms with Crippen molar-refractivity contribution < 1.29 is 9.53 Å². The molecule has 0 radical (unpaired) electrons. The summed E-state index contributed by atoms with van der Waals surface area (Å²) in [6.45, 7) is 3.88. The van der Waals surface area contributed by atoms with Crippen molar-refractivity contribution in [2.24, 2.45) is 0 Å². The molecule has 2 rings (SSSR count). The Hall–Kier alpha value is -1.82. The number of imidazole rings is 1. The number of nitrogens with one attached hydrogen (secondary N) is 2. The number of hydrogen-bond acceptors (Lipinski definition) is 3. The zero-order chi connectivity index (χ0) is 14.7. The highest BCUT2D eigenvalue weighted by Gasteiger charge is 2.14. The summed E-state index contributed by atoms with van der Waals surface area (Å²) in [6, 6.07) is 3.73. The second-order valence-electron chi connectivity index (χ2n) is 4.35. The van der Waals surface area contributed by atoms with E-state index in [2.05, 4.69) is 31.2 Å². The van der Waals surface area contributed by atoms with Crippen LogP contribution >= 0.6 is 15.9 Å². The van der Waals surface area contributed by atoms with Crippen molar-refractivity contribution in [2.75, 3.05) is 12.4 Å². The van der Waals surface area contributed by atoms with Crippen molar-refractivity contribution in [2.45, 2.75) is 20.3 Å². The van der Waals surface area contributed by atoms with Crippen LogP contribution in [0, 0.1) is 6.92 Å². The lowest BCUT2D eigenvalue weighted by atomic mass is 10.2. The van der Waals surface area contributed by atoms with E-state index < -0.39 is 0 Å². The lowest BCUT2D eigenvalue weighted by Gasteiger charge is -2.13. The number of H-pyrrole nitrogens is 1. The van der Waals surface area contributed by atoms with Gasteiger partial charge in [-0.3, -0.25) is 4.79 Å². The number of ether oxygens (including phenoxy) is 1. The summed E-state index contributed by atoms with van der Waals surface area (Å²) in [6.07, 6.45) is 2.29. The number of amides is 1. The summed E-state index contributed by atoms with van der Waals surface area (Å²) >= 11 is 3.40. The summed E-state index contributed by atoms with van der Waals surface area (Å²) in [5, 5.41) is 2.85. The Kier molecular flexibility index (Phi) is 4.44. The Morgan fingerprint density at radius 2 is 2.25 bits per heavy atom. The van der Waals surface area contributed by atoms with Gasteiger partial charge in [-0.15, -0.1) is 0 Å². The normalized spacial score (nSPS) is 10.4. The number of carbonyl (C=O) groups is 1. The van der Waals surface area contributed by atoms with E-state index in [-0.39, 0.29) is 5.91 Å². The number of nitrogens with zero attached hydrogens (tertiary/aromatic N) is 1. The molecule has 2 N–H and O–H groups in total. The van der Waals surface area contributed by atoms with E-state index in [1.807, 2.05) is 26.0 Å². The van der Waals surface area contributed by atoms with E-state index in [0.29, 0.717) is 17.1 Å². The Balaban J connectivity index is 2.27. The first kappa shape index (κ1) is 14.6. The summed E-state index contributed by atoms with van der Waals surface area (Å²) < 4.78 is 6.20. The van der Waals surface area contributed by atoms with Crippen LogP contribution in [0.2, 0.25) is 0 Å². The Bertz CT molecular complexity index is 637. The van der Waals surface area contributed by atoms with Crippen molar-refractivity contribution in [3.8, 4) is 5.75 Å². The van der Waals surface area contributed by atoms with Crippen LogP contribution in [0.25, 0.3) is 0 Å². The number of rotatable bonds is 4. The van der Waals surface area contributed by atoms with E-state index in [0.717, 1.165) is 22.3 Å². The number of aryl methyl sites for hydroxylation is 2. The molecule has 0 unspecified atom stereocenters. The minimum atomic E-state index is -0.235. The number of halogens is 1. The number of aromatic amines is 1. The zero-order valence-corrected chi connectivity index (χ0v) is 13.2. The van der Waals surface area contributed by atoms with Crippen LogP contribution in [0.4, 0.5) is 5.69 Å². The first-order chi connectivity index (χ1) is 9.55. The van der Waals surface area contributed by atoms with Gasteiger partial charge in [-0.2, -0.15) is 0 Å². The SMILES string of the molecule is CCc1ncc(C(=O)Nc2c(C)cc(Br)cc2OC)[nH]1. The molecule has 0 saturated carbocycles. The summed E-state index contributed by atoms with van der Waals surface area (Å²) in [5.41, 5.74) is 2.01. The van der Waals surface area contributed by atoms with Gasteiger partial charge in [0.2, 0.25) is 0 Å². The molecule has 1 heterocycles. The van der Waals surface area contributed by atoms with Crippen LogP contribution in [-0.2, 0) is 6.42 Å². The van der Waals surface area contributed by atoms with Gasteiger partial charge in [-0.25, -0.2) is 4.98 Å². The average Bonchev–Trinajstić information content (AvgIpc) is 2.90. The molecular formula is C14H16BrN3O2. The molecule has 0 saturated heterocycles. The van der Waals surface area contributed by atoms with Gasteiger partial charge in [0, 0.05) is 10.9 Å². The molecule has 1 aromatic carbocycles. The molecule has 0 aliphatic heterocycles. The molecule has 1 amide bonds. The van der Waals surface area contributed by atoms with Crippen molar-refractivity contribution in [1.29, 1.82) is 0 Å². The fourth-order valence-corrected chi connectivity index (χ4v) is 2.42. The maximum Gasteiger partial charge on any atom is 0.273 e. The van der Waals surface area contributed by atoms with Gasteiger partial charge in [0.1, 0.15) is 17.3 Å². The highest BCUT2D eigenvalue weighted by molar-refractivity contribution is 9.10. The minimum Gasteiger partial charge on any atom is -0.495 e. The fourth-order valence-electron chi connectivity index (χ4n) is 1.87. The zero-order valence-electron chi connectivity index (χ0n) is 11.6. The summed E-state index contributed by atoms with van der Waals surface area (Å²) in [5.74, 6) is 1.16. The quantitative estimate of drug-likeness (QED) is 0.899. The maximum atomic E-state index is 12.2. The molecule has 6 heteroatoms. The third-order valence-electron chi connectivity index (χ3n) is 2.93. The topological polar surface area (TPSA) is 67.0 Å². The van der Waals surface area contributed by atoms with Crippen LogP contribution in [0.15, 0.2) is 22.8 Å². The van der Waals surface area contributed by atoms with Crippen molar-refractivity contribution in [3.05, 3.63) is 39.9 Å². The second-order valence-corrected chi connectivity index (χ2v) is 5.27. The molecule has 0 aliphatic carbocycles. The number of anilines is 1. The van der Waals surface area contributed by atoms with E-state index in [1.54, 1.807) is 7.11 Å². The van der Waals surface area contributed by atoms with Crippen molar-refractivity contribution >= 4 is 27.5 Å². The average molecular weight is 338 g/mol. The van der Waals surface area contributed by atoms with Gasteiger partial charge >= 0.3 is 0 Å². The molecule has 0 atom stereocenters. The first-order valence-electron chi connectivity index (χ1n) is 6.24. The van der Waals surface area contributed by atoms with Crippen LogP contribution in [0.5, 0.6) is 5.75 Å². The number of methoxy groups -OCH3 is 1. The maximum absolute atomic E-state index is 12.2. The van der Waals surface area contributed by atoms with Crippen LogP contribution < -0.4 is 10.1 Å². The van der Waals surface area contributed by atoms with Crippen LogP contribution in [0.3, 0.4) is 0 Å². The summed E-state index contributed by atoms with van der Waals surface area (Å²) in [7, 11) is 1.57. The van der Waals surface area contributed by atoms with Crippen LogP contribution in [0.1, 0.15) is 28.8 Å². The molecule has 20 heavy (non-hydrogen) atoms. The lowest BCUT2D eigenvalue weighted by molar-refractivity contribution is 0.102.